The van der Waals surface area contributed by atoms with Gasteiger partial charge in [0.05, 0.1) is 32.1 Å². The van der Waals surface area contributed by atoms with Crippen molar-refractivity contribution in [3.05, 3.63) is 0 Å². The van der Waals surface area contributed by atoms with E-state index in [4.69, 9.17) is 26.8 Å². The second-order valence-corrected chi connectivity index (χ2v) is 5.76. The van der Waals surface area contributed by atoms with Crippen molar-refractivity contribution >= 4 is 35.6 Å². The van der Waals surface area contributed by atoms with Gasteiger partial charge >= 0.3 is 11.9 Å². The molecule has 0 radical (unpaired) electrons. The Bertz CT molecular complexity index is 655. The van der Waals surface area contributed by atoms with Crippen LogP contribution in [0.1, 0.15) is 12.8 Å². The Morgan fingerprint density at radius 2 is 1.17 bits per heavy atom. The number of hydrogen-bond donors (Lipinski definition) is 9. The van der Waals surface area contributed by atoms with E-state index in [0.29, 0.717) is 0 Å². The van der Waals surface area contributed by atoms with Gasteiger partial charge < -0.3 is 47.8 Å². The van der Waals surface area contributed by atoms with Gasteiger partial charge in [0.15, 0.2) is 0 Å². The minimum atomic E-state index is -1.71. The fourth-order valence-electron chi connectivity index (χ4n) is 1.89. The third-order valence-electron chi connectivity index (χ3n) is 3.38. The van der Waals surface area contributed by atoms with Crippen LogP contribution in [0.5, 0.6) is 0 Å². The third kappa shape index (κ3) is 9.45. The lowest BCUT2D eigenvalue weighted by molar-refractivity contribution is -0.143. The summed E-state index contributed by atoms with van der Waals surface area (Å²) in [6, 6.07) is -6.61. The number of aliphatic carboxylic acids is 2. The molecule has 0 rings (SSSR count). The maximum atomic E-state index is 12.3. The van der Waals surface area contributed by atoms with E-state index in [-0.39, 0.29) is 0 Å². The number of hydrogen-bond acceptors (Lipinski definition) is 9. The van der Waals surface area contributed by atoms with Gasteiger partial charge in [0.25, 0.3) is 0 Å². The van der Waals surface area contributed by atoms with E-state index in [1.165, 1.54) is 0 Å². The summed E-state index contributed by atoms with van der Waals surface area (Å²) in [6.45, 7) is -1.96. The van der Waals surface area contributed by atoms with E-state index in [9.17, 15) is 33.9 Å². The molecule has 0 saturated heterocycles. The summed E-state index contributed by atoms with van der Waals surface area (Å²) in [5.74, 6) is -7.43. The highest BCUT2D eigenvalue weighted by Gasteiger charge is 2.31. The monoisotopic (exact) mass is 421 g/mol. The second-order valence-electron chi connectivity index (χ2n) is 5.76. The van der Waals surface area contributed by atoms with Crippen LogP contribution in [0.2, 0.25) is 0 Å². The lowest BCUT2D eigenvalue weighted by Gasteiger charge is -2.23. The Morgan fingerprint density at radius 3 is 1.59 bits per heavy atom. The molecule has 0 heterocycles. The zero-order valence-electron chi connectivity index (χ0n) is 15.0. The molecule has 29 heavy (non-hydrogen) atoms. The van der Waals surface area contributed by atoms with Crippen molar-refractivity contribution in [3.8, 4) is 0 Å². The van der Waals surface area contributed by atoms with Crippen molar-refractivity contribution in [3.63, 3.8) is 0 Å². The number of carboxylic acid groups (broad SMARTS) is 2. The van der Waals surface area contributed by atoms with Crippen LogP contribution in [0.3, 0.4) is 0 Å². The molecule has 0 bridgehead atoms. The number of carboxylic acids is 2. The Balaban J connectivity index is 5.20. The molecule has 0 saturated carbocycles. The minimum absolute atomic E-state index is 0.745. The zero-order valence-corrected chi connectivity index (χ0v) is 15.0. The number of aliphatic hydroxyl groups excluding tert-OH is 2. The first kappa shape index (κ1) is 25.7. The summed E-state index contributed by atoms with van der Waals surface area (Å²) >= 11 is 0. The summed E-state index contributed by atoms with van der Waals surface area (Å²) in [4.78, 5) is 68.6. The molecule has 0 aliphatic rings. The summed E-state index contributed by atoms with van der Waals surface area (Å²) in [5.41, 5.74) is 10.3. The van der Waals surface area contributed by atoms with E-state index >= 15 is 0 Å². The maximum absolute atomic E-state index is 12.3. The average molecular weight is 421 g/mol. The average Bonchev–Trinajstić information content (AvgIpc) is 2.61. The van der Waals surface area contributed by atoms with Crippen LogP contribution in [-0.4, -0.2) is 93.4 Å². The summed E-state index contributed by atoms with van der Waals surface area (Å²) < 4.78 is 0. The Hall–Kier alpha value is -3.30. The topological polar surface area (TPSA) is 271 Å². The highest BCUT2D eigenvalue weighted by Crippen LogP contribution is 1.98. The van der Waals surface area contributed by atoms with Gasteiger partial charge in [-0.2, -0.15) is 0 Å². The number of primary amides is 1. The normalized spacial score (nSPS) is 14.6. The predicted molar refractivity (Wildman–Crippen MR) is 91.6 cm³/mol. The molecular weight excluding hydrogens is 398 g/mol. The van der Waals surface area contributed by atoms with Gasteiger partial charge in [0, 0.05) is 0 Å². The lowest BCUT2D eigenvalue weighted by Crippen LogP contribution is -2.59. The van der Waals surface area contributed by atoms with Crippen molar-refractivity contribution in [2.24, 2.45) is 11.5 Å². The van der Waals surface area contributed by atoms with Crippen molar-refractivity contribution in [1.82, 2.24) is 16.0 Å². The maximum Gasteiger partial charge on any atom is 0.328 e. The lowest BCUT2D eigenvalue weighted by atomic mass is 10.1. The molecule has 0 spiro atoms. The number of nitrogens with two attached hydrogens (primary N) is 2. The molecule has 0 aliphatic heterocycles. The SMILES string of the molecule is NC(=O)CC(NC(=O)C(N)CC(=O)O)C(=O)NC(CO)C(=O)NC(CO)C(=O)O. The standard InChI is InChI=1S/C14H23N5O10/c15-5(1-10(23)24)11(25)17-6(2-9(16)22)12(26)18-7(3-20)13(27)19-8(4-21)14(28)29/h5-8,20-21H,1-4,15H2,(H2,16,22)(H,17,25)(H,18,26)(H,19,27)(H,23,24)(H,28,29). The molecule has 15 heteroatoms. The van der Waals surface area contributed by atoms with Crippen LogP contribution in [0.4, 0.5) is 0 Å². The van der Waals surface area contributed by atoms with Gasteiger partial charge in [-0.15, -0.1) is 0 Å². The Labute approximate surface area is 163 Å². The summed E-state index contributed by atoms with van der Waals surface area (Å²) in [7, 11) is 0. The van der Waals surface area contributed by atoms with Gasteiger partial charge in [-0.25, -0.2) is 4.79 Å². The smallest absolute Gasteiger partial charge is 0.328 e. The van der Waals surface area contributed by atoms with Gasteiger partial charge in [-0.3, -0.25) is 24.0 Å². The molecule has 4 amide bonds. The molecule has 164 valence electrons. The molecule has 0 fully saturated rings. The fourth-order valence-corrected chi connectivity index (χ4v) is 1.89. The van der Waals surface area contributed by atoms with Crippen molar-refractivity contribution < 1.29 is 49.2 Å². The quantitative estimate of drug-likeness (QED) is 0.135. The second kappa shape index (κ2) is 12.2. The number of nitrogens with one attached hydrogen (secondary N) is 3. The summed E-state index contributed by atoms with van der Waals surface area (Å²) in [5, 5.41) is 41.4. The molecular formula is C14H23N5O10. The van der Waals surface area contributed by atoms with Crippen LogP contribution in [0.25, 0.3) is 0 Å². The molecule has 4 unspecified atom stereocenters. The Morgan fingerprint density at radius 1 is 0.724 bits per heavy atom. The van der Waals surface area contributed by atoms with Gasteiger partial charge in [-0.1, -0.05) is 0 Å². The van der Waals surface area contributed by atoms with Gasteiger partial charge in [-0.05, 0) is 0 Å². The largest absolute Gasteiger partial charge is 0.481 e. The molecule has 11 N–H and O–H groups in total. The first-order chi connectivity index (χ1) is 13.4. The molecule has 0 aromatic heterocycles. The van der Waals surface area contributed by atoms with E-state index in [1.54, 1.807) is 0 Å². The number of carbonyl (C=O) groups excluding carboxylic acids is 4. The van der Waals surface area contributed by atoms with Crippen LogP contribution < -0.4 is 27.4 Å². The van der Waals surface area contributed by atoms with E-state index < -0.39 is 85.8 Å². The van der Waals surface area contributed by atoms with Crippen molar-refractivity contribution in [2.75, 3.05) is 13.2 Å². The van der Waals surface area contributed by atoms with Crippen molar-refractivity contribution in [2.45, 2.75) is 37.0 Å². The van der Waals surface area contributed by atoms with E-state index in [2.05, 4.69) is 0 Å². The number of aliphatic hydroxyl groups is 2. The minimum Gasteiger partial charge on any atom is -0.481 e. The first-order valence-corrected chi connectivity index (χ1v) is 8.04. The molecule has 4 atom stereocenters. The van der Waals surface area contributed by atoms with Crippen LogP contribution >= 0.6 is 0 Å². The Kier molecular flexibility index (Phi) is 10.8. The number of rotatable bonds is 13. The molecule has 15 nitrogen and oxygen atoms in total. The van der Waals surface area contributed by atoms with Gasteiger partial charge in [0.1, 0.15) is 18.1 Å². The van der Waals surface area contributed by atoms with Crippen LogP contribution in [0, 0.1) is 0 Å². The van der Waals surface area contributed by atoms with Crippen LogP contribution in [-0.2, 0) is 28.8 Å². The van der Waals surface area contributed by atoms with Gasteiger partial charge in [0.2, 0.25) is 23.6 Å². The van der Waals surface area contributed by atoms with E-state index in [1.807, 2.05) is 16.0 Å². The zero-order chi connectivity index (χ0) is 22.7. The molecule has 0 aromatic carbocycles. The number of amides is 4. The highest BCUT2D eigenvalue weighted by atomic mass is 16.4. The van der Waals surface area contributed by atoms with Crippen molar-refractivity contribution in [1.29, 1.82) is 0 Å². The third-order valence-corrected chi connectivity index (χ3v) is 3.38. The molecule has 0 aromatic rings. The number of carbonyl (C=O) groups is 6. The van der Waals surface area contributed by atoms with E-state index in [0.717, 1.165) is 0 Å². The highest BCUT2D eigenvalue weighted by molar-refractivity contribution is 5.96. The first-order valence-electron chi connectivity index (χ1n) is 8.04. The summed E-state index contributed by atoms with van der Waals surface area (Å²) in [6.07, 6.45) is -1.51. The predicted octanol–water partition coefficient (Wildman–Crippen LogP) is -5.81. The fraction of sp³-hybridized carbons (Fsp3) is 0.571. The van der Waals surface area contributed by atoms with Crippen LogP contribution in [0.15, 0.2) is 0 Å². The molecule has 0 aliphatic carbocycles.